The molecule has 2 atom stereocenters. The van der Waals surface area contributed by atoms with Gasteiger partial charge >= 0.3 is 23.9 Å². The second-order valence-corrected chi connectivity index (χ2v) is 11.2. The van der Waals surface area contributed by atoms with E-state index in [2.05, 4.69) is 23.3 Å². The number of thiol groups is 1. The first kappa shape index (κ1) is 39.1. The molecule has 0 spiro atoms. The number of nitro benzene ring substituents is 2. The van der Waals surface area contributed by atoms with Crippen molar-refractivity contribution in [2.24, 2.45) is 5.73 Å². The third-order valence-electron chi connectivity index (χ3n) is 5.27. The number of nitrogens with zero attached hydrogens (tertiary/aromatic N) is 2. The summed E-state index contributed by atoms with van der Waals surface area (Å²) >= 11 is 3.87. The van der Waals surface area contributed by atoms with E-state index >= 15 is 0 Å². The van der Waals surface area contributed by atoms with Crippen molar-refractivity contribution in [3.63, 3.8) is 0 Å². The summed E-state index contributed by atoms with van der Waals surface area (Å²) in [6.45, 7) is -0.567. The molecule has 22 heteroatoms. The third kappa shape index (κ3) is 13.0. The molecule has 0 unspecified atom stereocenters. The smallest absolute Gasteiger partial charge is 0.342 e. The number of amides is 2. The number of aliphatic carboxylic acids is 2. The van der Waals surface area contributed by atoms with Crippen molar-refractivity contribution in [3.05, 3.63) is 67.8 Å². The average molecular weight is 704 g/mol. The number of hydrogen-bond donors (Lipinski definition) is 8. The Morgan fingerprint density at radius 2 is 1.30 bits per heavy atom. The zero-order valence-corrected chi connectivity index (χ0v) is 25.6. The number of carbonyl (C=O) groups excluding carboxylic acids is 2. The van der Waals surface area contributed by atoms with Crippen LogP contribution in [0.15, 0.2) is 46.2 Å². The number of carboxylic acid groups (broad SMARTS) is 4. The molecule has 2 rings (SSSR count). The van der Waals surface area contributed by atoms with Crippen molar-refractivity contribution in [2.45, 2.75) is 34.7 Å². The molecule has 0 aliphatic heterocycles. The van der Waals surface area contributed by atoms with Crippen LogP contribution in [0.25, 0.3) is 0 Å². The molecule has 0 saturated heterocycles. The van der Waals surface area contributed by atoms with Gasteiger partial charge in [-0.15, -0.1) is 0 Å². The molecule has 2 aromatic rings. The van der Waals surface area contributed by atoms with Gasteiger partial charge in [0.25, 0.3) is 11.4 Å². The highest BCUT2D eigenvalue weighted by Crippen LogP contribution is 2.40. The maximum absolute atomic E-state index is 11.5. The minimum absolute atomic E-state index is 0.0256. The zero-order chi connectivity index (χ0) is 35.1. The molecule has 46 heavy (non-hydrogen) atoms. The van der Waals surface area contributed by atoms with E-state index in [0.717, 1.165) is 45.9 Å². The first-order chi connectivity index (χ1) is 21.5. The summed E-state index contributed by atoms with van der Waals surface area (Å²) in [5, 5.41) is 61.1. The molecule has 2 amide bonds. The first-order valence-electron chi connectivity index (χ1n) is 12.2. The van der Waals surface area contributed by atoms with E-state index < -0.39 is 86.7 Å². The number of nitro groups is 2. The Kier molecular flexibility index (Phi) is 16.0. The van der Waals surface area contributed by atoms with Gasteiger partial charge < -0.3 is 36.8 Å². The van der Waals surface area contributed by atoms with Crippen molar-refractivity contribution in [1.82, 2.24) is 10.6 Å². The van der Waals surface area contributed by atoms with Gasteiger partial charge in [-0.2, -0.15) is 12.6 Å². The Bertz CT molecular complexity index is 1450. The van der Waals surface area contributed by atoms with Gasteiger partial charge in [-0.3, -0.25) is 39.4 Å². The topological polar surface area (TPSA) is 320 Å². The molecule has 0 fully saturated rings. The van der Waals surface area contributed by atoms with Crippen LogP contribution >= 0.6 is 34.2 Å². The van der Waals surface area contributed by atoms with E-state index in [-0.39, 0.29) is 18.6 Å². The lowest BCUT2D eigenvalue weighted by Gasteiger charge is -2.16. The zero-order valence-electron chi connectivity index (χ0n) is 23.1. The number of nitrogens with two attached hydrogens (primary N) is 1. The van der Waals surface area contributed by atoms with Crippen molar-refractivity contribution >= 4 is 81.3 Å². The number of carboxylic acids is 4. The van der Waals surface area contributed by atoms with E-state index in [1.807, 2.05) is 0 Å². The Hall–Kier alpha value is -4.93. The van der Waals surface area contributed by atoms with Gasteiger partial charge in [0.2, 0.25) is 11.8 Å². The molecule has 2 aromatic carbocycles. The Morgan fingerprint density at radius 1 is 0.848 bits per heavy atom. The monoisotopic (exact) mass is 703 g/mol. The van der Waals surface area contributed by atoms with E-state index in [9.17, 15) is 49.0 Å². The highest BCUT2D eigenvalue weighted by Gasteiger charge is 2.23. The number of aromatic carboxylic acids is 2. The van der Waals surface area contributed by atoms with Gasteiger partial charge in [-0.1, -0.05) is 21.6 Å². The van der Waals surface area contributed by atoms with Gasteiger partial charge in [0.05, 0.1) is 9.85 Å². The molecular weight excluding hydrogens is 678 g/mol. The summed E-state index contributed by atoms with van der Waals surface area (Å²) < 4.78 is 0. The fourth-order valence-electron chi connectivity index (χ4n) is 3.05. The second kappa shape index (κ2) is 18.8. The summed E-state index contributed by atoms with van der Waals surface area (Å²) in [6, 6.07) is 4.93. The Balaban J connectivity index is 0.000000479. The normalized spacial score (nSPS) is 11.5. The average Bonchev–Trinajstić information content (AvgIpc) is 2.99. The predicted octanol–water partition coefficient (Wildman–Crippen LogP) is 1.49. The van der Waals surface area contributed by atoms with Crippen molar-refractivity contribution in [1.29, 1.82) is 0 Å². The molecule has 0 heterocycles. The minimum Gasteiger partial charge on any atom is -0.480 e. The fourth-order valence-corrected chi connectivity index (χ4v) is 5.28. The van der Waals surface area contributed by atoms with Crippen molar-refractivity contribution in [3.8, 4) is 0 Å². The van der Waals surface area contributed by atoms with Gasteiger partial charge in [0, 0.05) is 34.1 Å². The first-order valence-corrected chi connectivity index (χ1v) is 15.0. The van der Waals surface area contributed by atoms with Crippen LogP contribution < -0.4 is 16.4 Å². The van der Waals surface area contributed by atoms with Gasteiger partial charge in [-0.25, -0.2) is 9.59 Å². The summed E-state index contributed by atoms with van der Waals surface area (Å²) in [4.78, 5) is 86.8. The van der Waals surface area contributed by atoms with Crippen molar-refractivity contribution in [2.75, 3.05) is 12.3 Å². The number of benzene rings is 2. The lowest BCUT2D eigenvalue weighted by Crippen LogP contribution is -2.49. The highest BCUT2D eigenvalue weighted by atomic mass is 33.1. The number of rotatable bonds is 16. The van der Waals surface area contributed by atoms with E-state index in [4.69, 9.17) is 26.2 Å². The maximum atomic E-state index is 11.5. The SMILES string of the molecule is N[C@@H](CCC(=O)N[C@@H](CS)C(=O)NCC(=O)O)C(=O)O.O=C(O)c1cc(SSc2ccc([N+](=O)[O-])c(C(=O)O)c2)ccc1[N+](=O)[O-]. The quantitative estimate of drug-likeness (QED) is 0.0531. The van der Waals surface area contributed by atoms with Gasteiger partial charge in [0.15, 0.2) is 0 Å². The molecule has 0 saturated carbocycles. The van der Waals surface area contributed by atoms with Crippen LogP contribution in [0.1, 0.15) is 33.6 Å². The molecule has 0 bridgehead atoms. The van der Waals surface area contributed by atoms with Crippen LogP contribution in [0.2, 0.25) is 0 Å². The molecule has 0 radical (unpaired) electrons. The maximum Gasteiger partial charge on any atom is 0.342 e. The Morgan fingerprint density at radius 3 is 1.65 bits per heavy atom. The molecular formula is C24H25N5O14S3. The van der Waals surface area contributed by atoms with E-state index in [0.29, 0.717) is 9.79 Å². The highest BCUT2D eigenvalue weighted by molar-refractivity contribution is 8.76. The van der Waals surface area contributed by atoms with Crippen LogP contribution in [0, 0.1) is 20.2 Å². The molecule has 0 aliphatic rings. The lowest BCUT2D eigenvalue weighted by atomic mass is 10.1. The largest absolute Gasteiger partial charge is 0.480 e. The summed E-state index contributed by atoms with van der Waals surface area (Å²) in [7, 11) is 2.06. The van der Waals surface area contributed by atoms with E-state index in [1.54, 1.807) is 0 Å². The van der Waals surface area contributed by atoms with Crippen LogP contribution in [0.5, 0.6) is 0 Å². The molecule has 248 valence electrons. The Labute approximate surface area is 271 Å². The van der Waals surface area contributed by atoms with Crippen LogP contribution in [-0.2, 0) is 19.2 Å². The summed E-state index contributed by atoms with van der Waals surface area (Å²) in [6.07, 6.45) is -0.235. The standard InChI is InChI=1S/C14H8N2O8S2.C10H17N3O6S/c17-13(18)9-5-7(1-3-11(9)15(21)22)25-26-8-2-4-12(16(23)24)10(6-8)14(19)20;11-5(10(18)19)1-2-7(14)13-6(4-20)9(17)12-3-8(15)16/h1-6H,(H,17,18)(H,19,20);5-6,20H,1-4,11H2,(H,12,17)(H,13,14)(H,15,16)(H,18,19)/t;5-,6-/m.0/s1. The van der Waals surface area contributed by atoms with Gasteiger partial charge in [0.1, 0.15) is 29.8 Å². The van der Waals surface area contributed by atoms with Crippen LogP contribution in [0.4, 0.5) is 11.4 Å². The van der Waals surface area contributed by atoms with Gasteiger partial charge in [-0.05, 0) is 30.7 Å². The second-order valence-electron chi connectivity index (χ2n) is 8.55. The predicted molar refractivity (Wildman–Crippen MR) is 163 cm³/mol. The molecule has 19 nitrogen and oxygen atoms in total. The van der Waals surface area contributed by atoms with Crippen LogP contribution in [0.3, 0.4) is 0 Å². The number of carbonyl (C=O) groups is 6. The van der Waals surface area contributed by atoms with Crippen LogP contribution in [-0.4, -0.2) is 90.3 Å². The number of hydrogen-bond acceptors (Lipinski definition) is 14. The minimum atomic E-state index is -1.45. The van der Waals surface area contributed by atoms with Crippen molar-refractivity contribution < 1.29 is 59.0 Å². The molecule has 0 aromatic heterocycles. The number of nitrogens with one attached hydrogen (secondary N) is 2. The summed E-state index contributed by atoms with van der Waals surface area (Å²) in [5.74, 6) is -6.61. The fraction of sp³-hybridized carbons (Fsp3) is 0.250. The third-order valence-corrected chi connectivity index (χ3v) is 8.02. The molecule has 0 aliphatic carbocycles. The lowest BCUT2D eigenvalue weighted by molar-refractivity contribution is -0.385. The molecule has 8 N–H and O–H groups in total. The summed E-state index contributed by atoms with van der Waals surface area (Å²) in [5.41, 5.74) is 3.19. The van der Waals surface area contributed by atoms with E-state index in [1.165, 1.54) is 12.1 Å².